The first-order valence-electron chi connectivity index (χ1n) is 43.2. The first-order valence-corrected chi connectivity index (χ1v) is 43.2. The van der Waals surface area contributed by atoms with Crippen molar-refractivity contribution in [3.05, 3.63) is 65.7 Å². The molecule has 0 bridgehead atoms. The molecule has 0 fully saturated rings. The van der Waals surface area contributed by atoms with Gasteiger partial charge in [-0.1, -0.05) is 83.0 Å². The number of carboxylic acids is 2. The summed E-state index contributed by atoms with van der Waals surface area (Å²) >= 11 is 0. The Labute approximate surface area is 783 Å². The number of primary amides is 2. The van der Waals surface area contributed by atoms with E-state index in [1.165, 1.54) is 45.0 Å². The van der Waals surface area contributed by atoms with Gasteiger partial charge in [-0.2, -0.15) is 0 Å². The third kappa shape index (κ3) is 47.1. The van der Waals surface area contributed by atoms with E-state index >= 15 is 0 Å². The molecule has 2 aromatic rings. The third-order valence-corrected chi connectivity index (χ3v) is 20.3. The van der Waals surface area contributed by atoms with Crippen LogP contribution in [-0.2, 0) is 109 Å². The summed E-state index contributed by atoms with van der Waals surface area (Å²) in [7, 11) is 0. The minimum absolute atomic E-state index is 0.0108. The van der Waals surface area contributed by atoms with Crippen LogP contribution in [0.5, 0.6) is 5.75 Å². The Hall–Kier alpha value is -14.7. The van der Waals surface area contributed by atoms with Crippen LogP contribution in [0.2, 0.25) is 0 Å². The van der Waals surface area contributed by atoms with Crippen LogP contribution in [0.4, 0.5) is 0 Å². The Kier molecular flexibility index (Phi) is 54.3. The summed E-state index contributed by atoms with van der Waals surface area (Å²) in [5.74, 6) is -24.4. The van der Waals surface area contributed by atoms with Crippen LogP contribution in [0.15, 0.2) is 54.6 Å². The fourth-order valence-electron chi connectivity index (χ4n) is 12.2. The molecule has 2 rings (SSSR count). The molecule has 2 aromatic carbocycles. The van der Waals surface area contributed by atoms with Crippen molar-refractivity contribution in [1.82, 2.24) is 101 Å². The monoisotopic (exact) mass is 1930 g/mol. The Morgan fingerprint density at radius 1 is 0.360 bits per heavy atom. The molecule has 54 heteroatoms. The van der Waals surface area contributed by atoms with Gasteiger partial charge in [0.25, 0.3) is 5.97 Å². The van der Waals surface area contributed by atoms with Crippen molar-refractivity contribution in [2.45, 2.75) is 249 Å². The van der Waals surface area contributed by atoms with E-state index in [-0.39, 0.29) is 83.2 Å². The normalized spacial score (nSPS) is 15.0. The highest BCUT2D eigenvalue weighted by Crippen LogP contribution is 2.16. The second kappa shape index (κ2) is 61.9. The van der Waals surface area contributed by atoms with Gasteiger partial charge in [0.15, 0.2) is 17.9 Å². The van der Waals surface area contributed by atoms with Crippen molar-refractivity contribution in [1.29, 1.82) is 16.2 Å². The maximum Gasteiger partial charge on any atom is 0.305 e. The zero-order valence-electron chi connectivity index (χ0n) is 77.2. The van der Waals surface area contributed by atoms with Crippen LogP contribution in [-0.4, -0.2) is 309 Å². The summed E-state index contributed by atoms with van der Waals surface area (Å²) < 4.78 is 0. The maximum absolute atomic E-state index is 14.5. The number of aliphatic hydroxyl groups is 3. The minimum Gasteiger partial charge on any atom is -0.508 e. The SMILES string of the molecule is CC(=O)O.CC[C@H](C)[C@H](NC(=O)[C@H](C)NC(=O)[C@H](CC(N)=O)NC(=O)[C@H](CCCNC(=N)N)NC(=O)[C@H](CCCNC(=N)N)NC(=O)CNC(=O)[C@@H](NC(=O)[C@H](CCCNC(=N)N)NC(=O)CNC(=O)[C@H](CO)NC(=O)[C@H](C)NC(=O)[C@@H](NC(=O)[C@H](Cc1ccccc1)NC(=O)[C@H](CC(=O)O)NC(=O)[C@H](C)NC(=O)[C@H](Cc1ccc(O)cc1)NC(=O)[C@@H](N)[C@@H](C)O)[C@@H](C)CC)[C@@H](C)O)C(N)=O. The van der Waals surface area contributed by atoms with Gasteiger partial charge in [-0.15, -0.1) is 0 Å². The molecule has 0 aliphatic carbocycles. The molecule has 0 unspecified atom stereocenters. The summed E-state index contributed by atoms with van der Waals surface area (Å²) in [4.78, 5) is 267. The van der Waals surface area contributed by atoms with Crippen LogP contribution in [0.25, 0.3) is 0 Å². The van der Waals surface area contributed by atoms with Crippen molar-refractivity contribution in [3.8, 4) is 5.75 Å². The number of hydrogen-bond acceptors (Lipinski definition) is 28. The molecule has 0 saturated heterocycles. The molecule has 136 heavy (non-hydrogen) atoms. The van der Waals surface area contributed by atoms with Crippen LogP contribution in [0.3, 0.4) is 0 Å². The number of aromatic hydroxyl groups is 1. The number of amides is 18. The molecule has 0 spiro atoms. The van der Waals surface area contributed by atoms with Crippen LogP contribution < -0.4 is 135 Å². The van der Waals surface area contributed by atoms with Crippen LogP contribution >= 0.6 is 0 Å². The average molecular weight is 1930 g/mol. The zero-order chi connectivity index (χ0) is 104. The predicted molar refractivity (Wildman–Crippen MR) is 485 cm³/mol. The number of phenols is 1. The van der Waals surface area contributed by atoms with Gasteiger partial charge in [0.1, 0.15) is 96.4 Å². The van der Waals surface area contributed by atoms with Gasteiger partial charge in [0.05, 0.1) is 44.7 Å². The quantitative estimate of drug-likeness (QED) is 0.0166. The summed E-state index contributed by atoms with van der Waals surface area (Å²) in [6, 6.07) is -10.6. The third-order valence-electron chi connectivity index (χ3n) is 20.3. The second-order valence-corrected chi connectivity index (χ2v) is 31.9. The van der Waals surface area contributed by atoms with Crippen LogP contribution in [0, 0.1) is 28.1 Å². The highest BCUT2D eigenvalue weighted by Gasteiger charge is 2.39. The van der Waals surface area contributed by atoms with Gasteiger partial charge in [0.2, 0.25) is 106 Å². The molecule has 0 radical (unpaired) electrons. The minimum atomic E-state index is -1.94. The van der Waals surface area contributed by atoms with E-state index in [0.717, 1.165) is 20.8 Å². The number of carboxylic acid groups (broad SMARTS) is 2. The molecule has 758 valence electrons. The number of aliphatic hydroxyl groups excluding tert-OH is 3. The number of carbonyl (C=O) groups excluding carboxylic acids is 18. The lowest BCUT2D eigenvalue weighted by atomic mass is 9.96. The average Bonchev–Trinajstić information content (AvgIpc) is 0.803. The molecule has 40 N–H and O–H groups in total. The fraction of sp³-hybridized carbons (Fsp3) is 0.573. The molecular formula is C82H134N28O26. The van der Waals surface area contributed by atoms with Gasteiger partial charge in [-0.25, -0.2) is 0 Å². The number of benzene rings is 2. The number of aliphatic carboxylic acids is 2. The molecule has 0 aliphatic heterocycles. The molecule has 54 nitrogen and oxygen atoms in total. The summed E-state index contributed by atoms with van der Waals surface area (Å²) in [5.41, 5.74) is 33.9. The number of hydrogen-bond donors (Lipinski definition) is 34. The Bertz CT molecular complexity index is 4430. The Balaban J connectivity index is 0.0000226. The number of carbonyl (C=O) groups is 20. The fourth-order valence-corrected chi connectivity index (χ4v) is 12.2. The second-order valence-electron chi connectivity index (χ2n) is 31.9. The van der Waals surface area contributed by atoms with E-state index in [0.29, 0.717) is 17.5 Å². The Morgan fingerprint density at radius 3 is 1.10 bits per heavy atom. The summed E-state index contributed by atoms with van der Waals surface area (Å²) in [6.45, 7) is 10.3. The number of phenolic OH excluding ortho intramolecular Hbond substituents is 1. The molecule has 0 heterocycles. The topological polar surface area (TPSA) is 919 Å². The summed E-state index contributed by atoms with van der Waals surface area (Å²) in [6.07, 6.45) is -5.85. The maximum atomic E-state index is 14.5. The van der Waals surface area contributed by atoms with Crippen molar-refractivity contribution in [2.24, 2.45) is 46.2 Å². The van der Waals surface area contributed by atoms with Crippen LogP contribution in [0.1, 0.15) is 145 Å². The highest BCUT2D eigenvalue weighted by atomic mass is 16.4. The number of nitrogens with two attached hydrogens (primary N) is 6. The van der Waals surface area contributed by atoms with E-state index in [9.17, 15) is 117 Å². The van der Waals surface area contributed by atoms with E-state index in [4.69, 9.17) is 60.5 Å². The Morgan fingerprint density at radius 2 is 0.691 bits per heavy atom. The van der Waals surface area contributed by atoms with E-state index in [2.05, 4.69) is 101 Å². The lowest BCUT2D eigenvalue weighted by Gasteiger charge is -2.29. The highest BCUT2D eigenvalue weighted by molar-refractivity contribution is 6.02. The number of guanidine groups is 3. The largest absolute Gasteiger partial charge is 0.508 e. The van der Waals surface area contributed by atoms with E-state index in [1.807, 2.05) is 0 Å². The molecule has 18 amide bonds. The molecule has 0 aliphatic rings. The smallest absolute Gasteiger partial charge is 0.305 e. The standard InChI is InChI=1S/C80H130N28O24.C2H4O2/c1-10-37(3)60(63(83)118)106-66(121)41(7)96-72(127)52(32-55(81)113)103-69(124)49(22-17-29-92-80(88)89)100-68(123)47(20-15-27-90-78(84)85)98-57(115)35-94-76(131)62(43(9)111)108-70(125)48(21-16-28-91-79(86)87)99-56(114)34-93-67(122)54(36-109)105-65(120)40(6)97-77(132)61(38(4)11-2)107-74(129)51(30-44-18-13-12-14-19-44)102-73(128)53(33-58(116)117)101-64(119)39(5)95-71(126)50(104-75(130)59(82)42(8)110)31-45-23-25-46(112)26-24-45;1-2(3)4/h12-14,18-19,23-26,37-43,47-54,59-62,109-112H,10-11,15-17,20-22,27-36,82H2,1-9H3,(H2,81,113)(H2,83,118)(H,93,122)(H,94,131)(H,95,126)(H,96,127)(H,97,132)(H,98,115)(H,99,114)(H,100,123)(H,101,119)(H,102,128)(H,103,124)(H,104,130)(H,105,120)(H,106,121)(H,107,129)(H,108,125)(H,116,117)(H4,84,85,90)(H4,86,87,91)(H4,88,89,92);1H3,(H,3,4)/t37-,38-,39-,40-,41-,42+,43+,47-,48-,49-,50-,51-,52-,53-,54-,59-,60-,61-,62-;/m0./s1. The van der Waals surface area contributed by atoms with Gasteiger partial charge < -0.3 is 166 Å². The van der Waals surface area contributed by atoms with Crippen molar-refractivity contribution >= 4 is 136 Å². The first-order chi connectivity index (χ1) is 63.7. The molecule has 0 saturated carbocycles. The number of nitrogens with one attached hydrogen (secondary N) is 22. The van der Waals surface area contributed by atoms with Gasteiger partial charge in [-0.3, -0.25) is 112 Å². The van der Waals surface area contributed by atoms with Crippen molar-refractivity contribution in [2.75, 3.05) is 39.3 Å². The molecule has 19 atom stereocenters. The lowest BCUT2D eigenvalue weighted by Crippen LogP contribution is -2.61. The first kappa shape index (κ1) is 119. The van der Waals surface area contributed by atoms with Crippen molar-refractivity contribution < 1.29 is 127 Å². The zero-order valence-corrected chi connectivity index (χ0v) is 77.2. The van der Waals surface area contributed by atoms with Gasteiger partial charge >= 0.3 is 5.97 Å². The lowest BCUT2D eigenvalue weighted by molar-refractivity contribution is -0.141. The van der Waals surface area contributed by atoms with Gasteiger partial charge in [-0.05, 0) is 108 Å². The predicted octanol–water partition coefficient (Wildman–Crippen LogP) is -11.9. The molecular weight excluding hydrogens is 1790 g/mol. The van der Waals surface area contributed by atoms with E-state index < -0.39 is 283 Å². The summed E-state index contributed by atoms with van der Waals surface area (Å²) in [5, 5.41) is 126. The van der Waals surface area contributed by atoms with Crippen molar-refractivity contribution in [3.63, 3.8) is 0 Å². The number of rotatable bonds is 60. The van der Waals surface area contributed by atoms with Gasteiger partial charge in [0, 0.05) is 39.4 Å². The van der Waals surface area contributed by atoms with E-state index in [1.54, 1.807) is 58.0 Å². The molecule has 0 aromatic heterocycles.